The highest BCUT2D eigenvalue weighted by Gasteiger charge is 2.35. The molecule has 1 amide bonds. The van der Waals surface area contributed by atoms with Crippen LogP contribution in [0.2, 0.25) is 0 Å². The summed E-state index contributed by atoms with van der Waals surface area (Å²) >= 11 is 0. The van der Waals surface area contributed by atoms with Gasteiger partial charge in [0, 0.05) is 19.6 Å². The largest absolute Gasteiger partial charge is 0.354 e. The highest BCUT2D eigenvalue weighted by molar-refractivity contribution is 5.82. The summed E-state index contributed by atoms with van der Waals surface area (Å²) in [7, 11) is 0. The van der Waals surface area contributed by atoms with Gasteiger partial charge in [-0.05, 0) is 39.4 Å². The molecule has 1 aliphatic rings. The maximum Gasteiger partial charge on any atom is 0.227 e. The molecule has 1 aliphatic heterocycles. The molecule has 0 radical (unpaired) electrons. The predicted octanol–water partition coefficient (Wildman–Crippen LogP) is 0.834. The van der Waals surface area contributed by atoms with E-state index in [0.717, 1.165) is 45.7 Å². The zero-order chi connectivity index (χ0) is 12.7. The van der Waals surface area contributed by atoms with Crippen molar-refractivity contribution in [2.45, 2.75) is 33.6 Å². The molecule has 0 aromatic carbocycles. The zero-order valence-electron chi connectivity index (χ0n) is 11.5. The summed E-state index contributed by atoms with van der Waals surface area (Å²) in [5.74, 6) is 0.204. The molecule has 1 fully saturated rings. The number of amides is 1. The second kappa shape index (κ2) is 6.97. The molecule has 1 saturated heterocycles. The van der Waals surface area contributed by atoms with Gasteiger partial charge in [-0.25, -0.2) is 0 Å². The Labute approximate surface area is 105 Å². The first kappa shape index (κ1) is 14.5. The Morgan fingerprint density at radius 1 is 1.41 bits per heavy atom. The van der Waals surface area contributed by atoms with Crippen LogP contribution in [0.1, 0.15) is 33.6 Å². The zero-order valence-corrected chi connectivity index (χ0v) is 11.5. The van der Waals surface area contributed by atoms with Gasteiger partial charge in [-0.3, -0.25) is 4.79 Å². The molecule has 100 valence electrons. The van der Waals surface area contributed by atoms with Crippen LogP contribution in [0.4, 0.5) is 0 Å². The van der Waals surface area contributed by atoms with Gasteiger partial charge in [-0.2, -0.15) is 0 Å². The monoisotopic (exact) mass is 241 g/mol. The van der Waals surface area contributed by atoms with Crippen molar-refractivity contribution in [3.63, 3.8) is 0 Å². The Balaban J connectivity index is 2.23. The molecule has 1 unspecified atom stereocenters. The average Bonchev–Trinajstić information content (AvgIpc) is 2.76. The Hall–Kier alpha value is -0.610. The lowest BCUT2D eigenvalue weighted by Gasteiger charge is -2.24. The standard InChI is InChI=1S/C13H27N3O/c1-4-9-16(5-2)10-8-15-12(17)13(3)6-7-14-11-13/h14H,4-11H2,1-3H3,(H,15,17). The van der Waals surface area contributed by atoms with Gasteiger partial charge in [0.15, 0.2) is 0 Å². The van der Waals surface area contributed by atoms with E-state index in [1.807, 2.05) is 6.92 Å². The van der Waals surface area contributed by atoms with Crippen LogP contribution in [0, 0.1) is 5.41 Å². The van der Waals surface area contributed by atoms with Crippen LogP contribution in [0.3, 0.4) is 0 Å². The Kier molecular flexibility index (Phi) is 5.92. The first-order valence-electron chi connectivity index (χ1n) is 6.83. The molecule has 2 N–H and O–H groups in total. The van der Waals surface area contributed by atoms with Crippen LogP contribution < -0.4 is 10.6 Å². The lowest BCUT2D eigenvalue weighted by Crippen LogP contribution is -2.43. The molecule has 0 aromatic rings. The van der Waals surface area contributed by atoms with Crippen LogP contribution in [0.5, 0.6) is 0 Å². The van der Waals surface area contributed by atoms with Gasteiger partial charge in [-0.1, -0.05) is 13.8 Å². The molecule has 1 atom stereocenters. The molecular formula is C13H27N3O. The van der Waals surface area contributed by atoms with E-state index >= 15 is 0 Å². The van der Waals surface area contributed by atoms with Crippen LogP contribution in [0.25, 0.3) is 0 Å². The van der Waals surface area contributed by atoms with Gasteiger partial charge in [0.05, 0.1) is 5.41 Å². The van der Waals surface area contributed by atoms with Gasteiger partial charge in [0.2, 0.25) is 5.91 Å². The van der Waals surface area contributed by atoms with Crippen LogP contribution in [0.15, 0.2) is 0 Å². The van der Waals surface area contributed by atoms with Crippen LogP contribution >= 0.6 is 0 Å². The van der Waals surface area contributed by atoms with E-state index in [9.17, 15) is 4.79 Å². The number of nitrogens with zero attached hydrogens (tertiary/aromatic N) is 1. The molecule has 4 heteroatoms. The van der Waals surface area contributed by atoms with Crippen molar-refractivity contribution < 1.29 is 4.79 Å². The molecule has 0 aromatic heterocycles. The van der Waals surface area contributed by atoms with Crippen molar-refractivity contribution in [2.75, 3.05) is 39.3 Å². The predicted molar refractivity (Wildman–Crippen MR) is 71.0 cm³/mol. The quantitative estimate of drug-likeness (QED) is 0.694. The number of carbonyl (C=O) groups excluding carboxylic acids is 1. The van der Waals surface area contributed by atoms with Gasteiger partial charge in [-0.15, -0.1) is 0 Å². The molecule has 1 rings (SSSR count). The molecule has 17 heavy (non-hydrogen) atoms. The third-order valence-corrected chi connectivity index (χ3v) is 3.62. The van der Waals surface area contributed by atoms with Crippen molar-refractivity contribution in [1.82, 2.24) is 15.5 Å². The third kappa shape index (κ3) is 4.28. The van der Waals surface area contributed by atoms with E-state index in [4.69, 9.17) is 0 Å². The SMILES string of the molecule is CCCN(CC)CCNC(=O)C1(C)CCNC1. The number of hydrogen-bond acceptors (Lipinski definition) is 3. The van der Waals surface area contributed by atoms with E-state index in [1.165, 1.54) is 6.42 Å². The maximum absolute atomic E-state index is 12.0. The average molecular weight is 241 g/mol. The minimum atomic E-state index is -0.193. The highest BCUT2D eigenvalue weighted by atomic mass is 16.2. The number of hydrogen-bond donors (Lipinski definition) is 2. The molecule has 1 heterocycles. The first-order chi connectivity index (χ1) is 8.12. The Morgan fingerprint density at radius 2 is 2.18 bits per heavy atom. The van der Waals surface area contributed by atoms with E-state index in [-0.39, 0.29) is 11.3 Å². The molecule has 0 saturated carbocycles. The van der Waals surface area contributed by atoms with Gasteiger partial charge >= 0.3 is 0 Å². The van der Waals surface area contributed by atoms with Gasteiger partial charge in [0.25, 0.3) is 0 Å². The van der Waals surface area contributed by atoms with Crippen molar-refractivity contribution >= 4 is 5.91 Å². The summed E-state index contributed by atoms with van der Waals surface area (Å²) in [6.07, 6.45) is 2.12. The highest BCUT2D eigenvalue weighted by Crippen LogP contribution is 2.24. The van der Waals surface area contributed by atoms with E-state index in [0.29, 0.717) is 0 Å². The minimum Gasteiger partial charge on any atom is -0.354 e. The first-order valence-corrected chi connectivity index (χ1v) is 6.83. The summed E-state index contributed by atoms with van der Waals surface area (Å²) in [5, 5.41) is 6.32. The molecular weight excluding hydrogens is 214 g/mol. The summed E-state index contributed by atoms with van der Waals surface area (Å²) in [5.41, 5.74) is -0.193. The fourth-order valence-electron chi connectivity index (χ4n) is 2.30. The van der Waals surface area contributed by atoms with Gasteiger partial charge in [0.1, 0.15) is 0 Å². The van der Waals surface area contributed by atoms with Crippen molar-refractivity contribution in [3.8, 4) is 0 Å². The number of likely N-dealkylation sites (N-methyl/N-ethyl adjacent to an activating group) is 1. The number of carbonyl (C=O) groups is 1. The van der Waals surface area contributed by atoms with Crippen molar-refractivity contribution in [1.29, 1.82) is 0 Å². The normalized spacial score (nSPS) is 24.2. The second-order valence-electron chi connectivity index (χ2n) is 5.18. The topological polar surface area (TPSA) is 44.4 Å². The fourth-order valence-corrected chi connectivity index (χ4v) is 2.30. The smallest absolute Gasteiger partial charge is 0.227 e. The summed E-state index contributed by atoms with van der Waals surface area (Å²) in [6, 6.07) is 0. The number of nitrogens with one attached hydrogen (secondary N) is 2. The van der Waals surface area contributed by atoms with Crippen molar-refractivity contribution in [3.05, 3.63) is 0 Å². The Morgan fingerprint density at radius 3 is 2.71 bits per heavy atom. The molecule has 0 aliphatic carbocycles. The molecule has 0 spiro atoms. The summed E-state index contributed by atoms with van der Waals surface area (Å²) in [4.78, 5) is 14.4. The molecule has 4 nitrogen and oxygen atoms in total. The summed E-state index contributed by atoms with van der Waals surface area (Å²) < 4.78 is 0. The Bertz CT molecular complexity index is 237. The van der Waals surface area contributed by atoms with Crippen LogP contribution in [-0.2, 0) is 4.79 Å². The lowest BCUT2D eigenvalue weighted by atomic mass is 9.89. The number of rotatable bonds is 7. The van der Waals surface area contributed by atoms with Crippen LogP contribution in [-0.4, -0.2) is 50.1 Å². The lowest BCUT2D eigenvalue weighted by molar-refractivity contribution is -0.129. The summed E-state index contributed by atoms with van der Waals surface area (Å²) in [6.45, 7) is 12.1. The van der Waals surface area contributed by atoms with E-state index in [1.54, 1.807) is 0 Å². The van der Waals surface area contributed by atoms with E-state index in [2.05, 4.69) is 29.4 Å². The second-order valence-corrected chi connectivity index (χ2v) is 5.18. The minimum absolute atomic E-state index is 0.193. The molecule has 0 bridgehead atoms. The fraction of sp³-hybridized carbons (Fsp3) is 0.923. The van der Waals surface area contributed by atoms with Crippen molar-refractivity contribution in [2.24, 2.45) is 5.41 Å². The maximum atomic E-state index is 12.0. The van der Waals surface area contributed by atoms with E-state index < -0.39 is 0 Å². The third-order valence-electron chi connectivity index (χ3n) is 3.62. The van der Waals surface area contributed by atoms with Gasteiger partial charge < -0.3 is 15.5 Å².